The molecule has 0 saturated carbocycles. The Balaban J connectivity index is 4.43. The summed E-state index contributed by atoms with van der Waals surface area (Å²) in [4.78, 5) is 23.2. The van der Waals surface area contributed by atoms with Crippen molar-refractivity contribution in [2.24, 2.45) is 0 Å². The van der Waals surface area contributed by atoms with E-state index in [1.165, 1.54) is 154 Å². The Hall–Kier alpha value is -1.28. The average Bonchev–Trinajstić information content (AvgIpc) is 3.17. The number of aliphatic hydroxyl groups excluding tert-OH is 1. The van der Waals surface area contributed by atoms with Crippen LogP contribution in [0.5, 0.6) is 0 Å². The molecule has 0 heterocycles. The van der Waals surface area contributed by atoms with Crippen LogP contribution in [0, 0.1) is 0 Å². The van der Waals surface area contributed by atoms with E-state index in [1.807, 2.05) is 27.2 Å². The van der Waals surface area contributed by atoms with Crippen LogP contribution in [0.2, 0.25) is 0 Å². The molecule has 0 aliphatic carbocycles. The zero-order valence-corrected chi connectivity index (χ0v) is 39.7. The number of aliphatic hydroxyl groups is 1. The summed E-state index contributed by atoms with van der Waals surface area (Å²) in [6.45, 7) is 4.80. The second-order valence-electron chi connectivity index (χ2n) is 17.8. The minimum absolute atomic E-state index is 0.0548. The molecule has 0 aromatic rings. The lowest BCUT2D eigenvalue weighted by molar-refractivity contribution is -0.870. The SMILES string of the molecule is CCCCCCCCCCCC/C=C/CC/C=C/CC/C=C/C(O)C(COP(=O)(O)OCC[N+](C)(C)C)NC(=O)CCCCCCCCCCCCCCCCCC. The minimum atomic E-state index is -4.35. The number of unbranched alkanes of at least 4 members (excludes halogenated alkanes) is 27. The summed E-state index contributed by atoms with van der Waals surface area (Å²) in [6.07, 6.45) is 50.8. The fraction of sp³-hybridized carbons (Fsp3) is 0.857. The minimum Gasteiger partial charge on any atom is -0.387 e. The standard InChI is InChI=1S/C49H95N2O6P/c1-6-8-10-12-14-16-18-20-22-24-25-26-27-28-30-32-34-36-38-40-42-48(52)47(46-57-58(54,55)56-45-44-51(3,4)5)50-49(53)43-41-39-37-35-33-31-29-23-21-19-17-15-13-11-9-7-2/h26-27,32,34,40,42,47-48,52H,6-25,28-31,33,35-39,41,43-46H2,1-5H3,(H-,50,53,54,55)/p+1/b27-26+,34-32+,42-40+. The van der Waals surface area contributed by atoms with Crippen LogP contribution in [0.3, 0.4) is 0 Å². The van der Waals surface area contributed by atoms with Crippen molar-refractivity contribution in [3.05, 3.63) is 36.5 Å². The maximum Gasteiger partial charge on any atom is 0.472 e. The summed E-state index contributed by atoms with van der Waals surface area (Å²) in [6, 6.07) is -0.866. The number of amides is 1. The first kappa shape index (κ1) is 56.7. The van der Waals surface area contributed by atoms with Crippen LogP contribution in [-0.2, 0) is 18.4 Å². The molecule has 3 N–H and O–H groups in total. The third-order valence-electron chi connectivity index (χ3n) is 10.8. The van der Waals surface area contributed by atoms with Gasteiger partial charge in [0.05, 0.1) is 39.9 Å². The van der Waals surface area contributed by atoms with Crippen molar-refractivity contribution >= 4 is 13.7 Å². The second kappa shape index (κ2) is 41.1. The molecule has 58 heavy (non-hydrogen) atoms. The molecule has 8 nitrogen and oxygen atoms in total. The summed E-state index contributed by atoms with van der Waals surface area (Å²) >= 11 is 0. The fourth-order valence-electron chi connectivity index (χ4n) is 6.96. The van der Waals surface area contributed by atoms with E-state index in [0.717, 1.165) is 44.9 Å². The highest BCUT2D eigenvalue weighted by Crippen LogP contribution is 2.43. The van der Waals surface area contributed by atoms with Crippen LogP contribution in [-0.4, -0.2) is 73.4 Å². The Labute approximate surface area is 359 Å². The van der Waals surface area contributed by atoms with Crippen molar-refractivity contribution in [2.75, 3.05) is 40.9 Å². The van der Waals surface area contributed by atoms with Crippen molar-refractivity contribution in [2.45, 2.75) is 231 Å². The van der Waals surface area contributed by atoms with E-state index < -0.39 is 20.0 Å². The van der Waals surface area contributed by atoms with Crippen molar-refractivity contribution in [3.63, 3.8) is 0 Å². The first-order valence-corrected chi connectivity index (χ1v) is 25.9. The molecular weight excluding hydrogens is 744 g/mol. The van der Waals surface area contributed by atoms with E-state index in [9.17, 15) is 19.4 Å². The number of hydrogen-bond donors (Lipinski definition) is 3. The van der Waals surface area contributed by atoms with Crippen molar-refractivity contribution in [3.8, 4) is 0 Å². The number of nitrogens with one attached hydrogen (secondary N) is 1. The lowest BCUT2D eigenvalue weighted by Gasteiger charge is -2.25. The zero-order valence-electron chi connectivity index (χ0n) is 38.8. The number of nitrogens with zero attached hydrogens (tertiary/aromatic N) is 1. The molecule has 0 radical (unpaired) electrons. The van der Waals surface area contributed by atoms with Gasteiger partial charge in [-0.05, 0) is 44.9 Å². The normalized spacial score (nSPS) is 14.5. The summed E-state index contributed by atoms with van der Waals surface area (Å²) in [7, 11) is 1.55. The molecule has 342 valence electrons. The van der Waals surface area contributed by atoms with Crippen LogP contribution in [0.4, 0.5) is 0 Å². The van der Waals surface area contributed by atoms with Gasteiger partial charge in [0.15, 0.2) is 0 Å². The van der Waals surface area contributed by atoms with Crippen LogP contribution >= 0.6 is 7.82 Å². The number of phosphoric acid groups is 1. The van der Waals surface area contributed by atoms with Gasteiger partial charge in [-0.1, -0.05) is 204 Å². The van der Waals surface area contributed by atoms with Crippen molar-refractivity contribution in [1.29, 1.82) is 0 Å². The van der Waals surface area contributed by atoms with Crippen LogP contribution < -0.4 is 5.32 Å². The van der Waals surface area contributed by atoms with Gasteiger partial charge < -0.3 is 19.8 Å². The van der Waals surface area contributed by atoms with Gasteiger partial charge in [0.1, 0.15) is 13.2 Å². The number of quaternary nitrogens is 1. The predicted molar refractivity (Wildman–Crippen MR) is 249 cm³/mol. The average molecular weight is 840 g/mol. The number of allylic oxidation sites excluding steroid dienone is 5. The van der Waals surface area contributed by atoms with Gasteiger partial charge in [-0.25, -0.2) is 4.57 Å². The van der Waals surface area contributed by atoms with E-state index in [4.69, 9.17) is 9.05 Å². The molecule has 0 fully saturated rings. The molecular formula is C49H96N2O6P+. The first-order valence-electron chi connectivity index (χ1n) is 24.4. The van der Waals surface area contributed by atoms with Gasteiger partial charge >= 0.3 is 7.82 Å². The number of phosphoric ester groups is 1. The Morgan fingerprint density at radius 2 is 0.948 bits per heavy atom. The smallest absolute Gasteiger partial charge is 0.387 e. The molecule has 0 rings (SSSR count). The van der Waals surface area contributed by atoms with Gasteiger partial charge in [-0.15, -0.1) is 0 Å². The quantitative estimate of drug-likeness (QED) is 0.0244. The Bertz CT molecular complexity index is 1040. The molecule has 0 aliphatic rings. The van der Waals surface area contributed by atoms with Crippen LogP contribution in [0.15, 0.2) is 36.5 Å². The molecule has 0 saturated heterocycles. The molecule has 0 aliphatic heterocycles. The highest BCUT2D eigenvalue weighted by Gasteiger charge is 2.27. The van der Waals surface area contributed by atoms with E-state index >= 15 is 0 Å². The topological polar surface area (TPSA) is 105 Å². The van der Waals surface area contributed by atoms with Gasteiger partial charge in [-0.2, -0.15) is 0 Å². The molecule has 0 bridgehead atoms. The number of hydrogen-bond acceptors (Lipinski definition) is 5. The van der Waals surface area contributed by atoms with Gasteiger partial charge in [-0.3, -0.25) is 13.8 Å². The molecule has 3 unspecified atom stereocenters. The van der Waals surface area contributed by atoms with Crippen LogP contribution in [0.1, 0.15) is 219 Å². The Morgan fingerprint density at radius 3 is 1.38 bits per heavy atom. The highest BCUT2D eigenvalue weighted by molar-refractivity contribution is 7.47. The van der Waals surface area contributed by atoms with E-state index in [1.54, 1.807) is 6.08 Å². The lowest BCUT2D eigenvalue weighted by atomic mass is 10.0. The molecule has 0 aromatic carbocycles. The summed E-state index contributed by atoms with van der Waals surface area (Å²) in [5.41, 5.74) is 0. The number of carbonyl (C=O) groups excluding carboxylic acids is 1. The first-order chi connectivity index (χ1) is 28.0. The third-order valence-corrected chi connectivity index (χ3v) is 11.8. The molecule has 9 heteroatoms. The summed E-state index contributed by atoms with van der Waals surface area (Å²) in [5.74, 6) is -0.189. The van der Waals surface area contributed by atoms with E-state index in [-0.39, 0.29) is 19.1 Å². The number of likely N-dealkylation sites (N-methyl/N-ethyl adjacent to an activating group) is 1. The summed E-state index contributed by atoms with van der Waals surface area (Å²) in [5, 5.41) is 13.8. The molecule has 0 aromatic heterocycles. The van der Waals surface area contributed by atoms with Gasteiger partial charge in [0.2, 0.25) is 5.91 Å². The van der Waals surface area contributed by atoms with Gasteiger partial charge in [0, 0.05) is 6.42 Å². The molecule has 0 spiro atoms. The van der Waals surface area contributed by atoms with Crippen molar-refractivity contribution in [1.82, 2.24) is 5.32 Å². The Kier molecular flexibility index (Phi) is 40.2. The lowest BCUT2D eigenvalue weighted by Crippen LogP contribution is -2.45. The predicted octanol–water partition coefficient (Wildman–Crippen LogP) is 13.9. The number of carbonyl (C=O) groups is 1. The van der Waals surface area contributed by atoms with Crippen LogP contribution in [0.25, 0.3) is 0 Å². The monoisotopic (exact) mass is 840 g/mol. The van der Waals surface area contributed by atoms with E-state index in [0.29, 0.717) is 17.4 Å². The fourth-order valence-corrected chi connectivity index (χ4v) is 7.69. The van der Waals surface area contributed by atoms with Crippen molar-refractivity contribution < 1.29 is 32.9 Å². The third kappa shape index (κ3) is 42.8. The Morgan fingerprint density at radius 1 is 0.569 bits per heavy atom. The largest absolute Gasteiger partial charge is 0.472 e. The van der Waals surface area contributed by atoms with E-state index in [2.05, 4.69) is 43.5 Å². The zero-order chi connectivity index (χ0) is 42.8. The maximum absolute atomic E-state index is 12.9. The molecule has 1 amide bonds. The van der Waals surface area contributed by atoms with Gasteiger partial charge in [0.25, 0.3) is 0 Å². The number of rotatable bonds is 44. The molecule has 3 atom stereocenters. The highest BCUT2D eigenvalue weighted by atomic mass is 31.2. The second-order valence-corrected chi connectivity index (χ2v) is 19.3. The maximum atomic E-state index is 12.9. The summed E-state index contributed by atoms with van der Waals surface area (Å²) < 4.78 is 23.6.